The Morgan fingerprint density at radius 3 is 3.00 bits per heavy atom. The number of Topliss-reactive ketones (excluding diaryl/α,β-unsaturated/α-hetero) is 1. The third-order valence-corrected chi connectivity index (χ3v) is 2.86. The van der Waals surface area contributed by atoms with E-state index in [9.17, 15) is 4.79 Å². The lowest BCUT2D eigenvalue weighted by atomic mass is 10.2. The smallest absolute Gasteiger partial charge is 0.185 e. The van der Waals surface area contributed by atoms with Gasteiger partial charge in [-0.05, 0) is 35.7 Å². The Balaban J connectivity index is 2.35. The molecular formula is C9H11BrN2O. The zero-order valence-corrected chi connectivity index (χ0v) is 9.04. The molecule has 1 saturated carbocycles. The molecule has 0 spiro atoms. The van der Waals surface area contributed by atoms with Crippen molar-refractivity contribution in [2.45, 2.75) is 26.3 Å². The van der Waals surface area contributed by atoms with Crippen LogP contribution in [0.4, 0.5) is 0 Å². The Hall–Kier alpha value is -0.640. The van der Waals surface area contributed by atoms with Gasteiger partial charge in [0.15, 0.2) is 5.78 Å². The molecule has 0 bridgehead atoms. The molecule has 0 amide bonds. The number of aryl methyl sites for hydroxylation is 1. The standard InChI is InChI=1S/C9H11BrN2O/c1-2-12-8(7(10)5-11-12)9(13)6-3-4-6/h5-6H,2-4H2,1H3. The summed E-state index contributed by atoms with van der Waals surface area (Å²) in [5.41, 5.74) is 0.741. The van der Waals surface area contributed by atoms with E-state index in [-0.39, 0.29) is 11.7 Å². The van der Waals surface area contributed by atoms with Crippen LogP contribution in [0.25, 0.3) is 0 Å². The van der Waals surface area contributed by atoms with E-state index in [0.29, 0.717) is 0 Å². The Morgan fingerprint density at radius 1 is 1.77 bits per heavy atom. The molecule has 3 nitrogen and oxygen atoms in total. The maximum atomic E-state index is 11.8. The van der Waals surface area contributed by atoms with Gasteiger partial charge in [-0.2, -0.15) is 5.10 Å². The van der Waals surface area contributed by atoms with Crippen LogP contribution >= 0.6 is 15.9 Å². The first-order chi connectivity index (χ1) is 6.24. The fraction of sp³-hybridized carbons (Fsp3) is 0.556. The first kappa shape index (κ1) is 8.94. The van der Waals surface area contributed by atoms with Crippen molar-refractivity contribution in [2.24, 2.45) is 5.92 Å². The van der Waals surface area contributed by atoms with Gasteiger partial charge in [-0.15, -0.1) is 0 Å². The van der Waals surface area contributed by atoms with Gasteiger partial charge < -0.3 is 0 Å². The molecule has 0 radical (unpaired) electrons. The maximum absolute atomic E-state index is 11.8. The minimum atomic E-state index is 0.242. The summed E-state index contributed by atoms with van der Waals surface area (Å²) in [5.74, 6) is 0.504. The van der Waals surface area contributed by atoms with E-state index in [2.05, 4.69) is 21.0 Å². The summed E-state index contributed by atoms with van der Waals surface area (Å²) < 4.78 is 2.58. The molecule has 1 heterocycles. The Morgan fingerprint density at radius 2 is 2.46 bits per heavy atom. The van der Waals surface area contributed by atoms with Gasteiger partial charge in [-0.25, -0.2) is 0 Å². The Bertz CT molecular complexity index is 341. The average molecular weight is 243 g/mol. The number of aromatic nitrogens is 2. The van der Waals surface area contributed by atoms with Crippen LogP contribution in [0.2, 0.25) is 0 Å². The van der Waals surface area contributed by atoms with Crippen molar-refractivity contribution < 1.29 is 4.79 Å². The summed E-state index contributed by atoms with van der Waals surface area (Å²) in [4.78, 5) is 11.8. The van der Waals surface area contributed by atoms with Crippen molar-refractivity contribution in [1.29, 1.82) is 0 Å². The van der Waals surface area contributed by atoms with Gasteiger partial charge >= 0.3 is 0 Å². The number of ketones is 1. The monoisotopic (exact) mass is 242 g/mol. The predicted octanol–water partition coefficient (Wildman–Crippen LogP) is 2.26. The molecule has 13 heavy (non-hydrogen) atoms. The quantitative estimate of drug-likeness (QED) is 0.763. The van der Waals surface area contributed by atoms with E-state index in [1.54, 1.807) is 10.9 Å². The van der Waals surface area contributed by atoms with E-state index in [1.807, 2.05) is 6.92 Å². The number of carbonyl (C=O) groups is 1. The molecular weight excluding hydrogens is 232 g/mol. The normalized spacial score (nSPS) is 16.2. The Kier molecular flexibility index (Phi) is 2.24. The second-order valence-corrected chi connectivity index (χ2v) is 4.15. The minimum Gasteiger partial charge on any atom is -0.292 e. The number of halogens is 1. The number of carbonyl (C=O) groups excluding carboxylic acids is 1. The largest absolute Gasteiger partial charge is 0.292 e. The van der Waals surface area contributed by atoms with Gasteiger partial charge in [-0.1, -0.05) is 0 Å². The zero-order chi connectivity index (χ0) is 9.42. The van der Waals surface area contributed by atoms with Gasteiger partial charge in [0.1, 0.15) is 5.69 Å². The third-order valence-electron chi connectivity index (χ3n) is 2.28. The molecule has 0 saturated heterocycles. The second-order valence-electron chi connectivity index (χ2n) is 3.30. The molecule has 70 valence electrons. The van der Waals surface area contributed by atoms with Crippen LogP contribution in [0.15, 0.2) is 10.7 Å². The van der Waals surface area contributed by atoms with Crippen molar-refractivity contribution in [2.75, 3.05) is 0 Å². The first-order valence-corrected chi connectivity index (χ1v) is 5.29. The Labute approximate surface area is 85.3 Å². The van der Waals surface area contributed by atoms with Crippen LogP contribution in [-0.4, -0.2) is 15.6 Å². The molecule has 0 aromatic carbocycles. The lowest BCUT2D eigenvalue weighted by Crippen LogP contribution is -2.11. The lowest BCUT2D eigenvalue weighted by molar-refractivity contribution is 0.0956. The van der Waals surface area contributed by atoms with Crippen molar-refractivity contribution in [3.05, 3.63) is 16.4 Å². The summed E-state index contributed by atoms with van der Waals surface area (Å²) in [6.07, 6.45) is 3.78. The maximum Gasteiger partial charge on any atom is 0.185 e. The molecule has 4 heteroatoms. The van der Waals surface area contributed by atoms with Gasteiger partial charge in [-0.3, -0.25) is 9.48 Å². The fourth-order valence-electron chi connectivity index (χ4n) is 1.39. The predicted molar refractivity (Wildman–Crippen MR) is 52.7 cm³/mol. The summed E-state index contributed by atoms with van der Waals surface area (Å²) in [7, 11) is 0. The van der Waals surface area contributed by atoms with Crippen LogP contribution in [0, 0.1) is 5.92 Å². The number of hydrogen-bond donors (Lipinski definition) is 0. The summed E-state index contributed by atoms with van der Waals surface area (Å²) in [6.45, 7) is 2.74. The van der Waals surface area contributed by atoms with Gasteiger partial charge in [0.25, 0.3) is 0 Å². The van der Waals surface area contributed by atoms with Gasteiger partial charge in [0, 0.05) is 12.5 Å². The van der Waals surface area contributed by atoms with Crippen molar-refractivity contribution in [3.8, 4) is 0 Å². The molecule has 2 rings (SSSR count). The molecule has 1 aliphatic carbocycles. The van der Waals surface area contributed by atoms with Crippen LogP contribution in [0.5, 0.6) is 0 Å². The summed E-state index contributed by atoms with van der Waals surface area (Å²) in [6, 6.07) is 0. The number of nitrogens with zero attached hydrogens (tertiary/aromatic N) is 2. The zero-order valence-electron chi connectivity index (χ0n) is 7.46. The molecule has 1 fully saturated rings. The fourth-order valence-corrected chi connectivity index (χ4v) is 1.88. The highest BCUT2D eigenvalue weighted by Crippen LogP contribution is 2.34. The molecule has 0 atom stereocenters. The van der Waals surface area contributed by atoms with Crippen LogP contribution in [0.3, 0.4) is 0 Å². The van der Waals surface area contributed by atoms with Gasteiger partial charge in [0.2, 0.25) is 0 Å². The molecule has 0 aliphatic heterocycles. The SMILES string of the molecule is CCn1ncc(Br)c1C(=O)C1CC1. The molecule has 1 aromatic rings. The van der Waals surface area contributed by atoms with Crippen LogP contribution in [-0.2, 0) is 6.54 Å². The van der Waals surface area contributed by atoms with Crippen molar-refractivity contribution in [1.82, 2.24) is 9.78 Å². The highest BCUT2D eigenvalue weighted by Gasteiger charge is 2.33. The number of hydrogen-bond acceptors (Lipinski definition) is 2. The lowest BCUT2D eigenvalue weighted by Gasteiger charge is -2.02. The van der Waals surface area contributed by atoms with Crippen molar-refractivity contribution >= 4 is 21.7 Å². The topological polar surface area (TPSA) is 34.9 Å². The van der Waals surface area contributed by atoms with E-state index in [0.717, 1.165) is 29.6 Å². The van der Waals surface area contributed by atoms with Crippen LogP contribution in [0.1, 0.15) is 30.3 Å². The van der Waals surface area contributed by atoms with E-state index in [1.165, 1.54) is 0 Å². The minimum absolute atomic E-state index is 0.242. The highest BCUT2D eigenvalue weighted by atomic mass is 79.9. The average Bonchev–Trinajstić information content (AvgIpc) is 2.89. The van der Waals surface area contributed by atoms with E-state index < -0.39 is 0 Å². The molecule has 1 aromatic heterocycles. The third kappa shape index (κ3) is 1.55. The summed E-state index contributed by atoms with van der Waals surface area (Å²) >= 11 is 3.35. The summed E-state index contributed by atoms with van der Waals surface area (Å²) in [5, 5.41) is 4.11. The molecule has 0 unspecified atom stereocenters. The number of rotatable bonds is 3. The van der Waals surface area contributed by atoms with Crippen molar-refractivity contribution in [3.63, 3.8) is 0 Å². The molecule has 1 aliphatic rings. The van der Waals surface area contributed by atoms with Crippen LogP contribution < -0.4 is 0 Å². The first-order valence-electron chi connectivity index (χ1n) is 4.49. The van der Waals surface area contributed by atoms with Gasteiger partial charge in [0.05, 0.1) is 10.7 Å². The van der Waals surface area contributed by atoms with E-state index in [4.69, 9.17) is 0 Å². The highest BCUT2D eigenvalue weighted by molar-refractivity contribution is 9.10. The second kappa shape index (κ2) is 3.25. The van der Waals surface area contributed by atoms with E-state index >= 15 is 0 Å². The molecule has 0 N–H and O–H groups in total.